The van der Waals surface area contributed by atoms with Crippen LogP contribution in [0.1, 0.15) is 50.2 Å². The fraction of sp³-hybridized carbons (Fsp3) is 0.435. The number of rotatable bonds is 11. The van der Waals surface area contributed by atoms with Crippen LogP contribution in [0, 0.1) is 0 Å². The minimum Gasteiger partial charge on any atom is -0.397 e. The van der Waals surface area contributed by atoms with E-state index < -0.39 is 30.0 Å². The van der Waals surface area contributed by atoms with E-state index in [2.05, 4.69) is 10.6 Å². The quantitative estimate of drug-likeness (QED) is 0.205. The van der Waals surface area contributed by atoms with Crippen LogP contribution in [0.3, 0.4) is 0 Å². The molecule has 0 bridgehead atoms. The predicted molar refractivity (Wildman–Crippen MR) is 117 cm³/mol. The molecule has 9 heteroatoms. The Morgan fingerprint density at radius 3 is 2.31 bits per heavy atom. The van der Waals surface area contributed by atoms with E-state index >= 15 is 0 Å². The number of alkyl halides is 5. The van der Waals surface area contributed by atoms with Crippen LogP contribution in [0.15, 0.2) is 42.5 Å². The number of nitrogens with two attached hydrogens (primary N) is 1. The molecule has 0 aromatic heterocycles. The van der Waals surface area contributed by atoms with Gasteiger partial charge in [0.15, 0.2) is 0 Å². The smallest absolute Gasteiger partial charge is 0.397 e. The topological polar surface area (TPSA) is 67.2 Å². The molecule has 0 aliphatic rings. The van der Waals surface area contributed by atoms with Crippen molar-refractivity contribution in [3.63, 3.8) is 0 Å². The zero-order chi connectivity index (χ0) is 23.7. The van der Waals surface area contributed by atoms with Crippen molar-refractivity contribution in [2.24, 2.45) is 0 Å². The summed E-state index contributed by atoms with van der Waals surface area (Å²) in [7, 11) is 0. The molecule has 0 heterocycles. The molecular weight excluding hydrogens is 429 g/mol. The van der Waals surface area contributed by atoms with Gasteiger partial charge >= 0.3 is 6.18 Å². The highest BCUT2D eigenvalue weighted by atomic mass is 19.4. The molecule has 1 amide bonds. The van der Waals surface area contributed by atoms with E-state index in [9.17, 15) is 26.7 Å². The van der Waals surface area contributed by atoms with Crippen LogP contribution in [0.4, 0.5) is 39.0 Å². The van der Waals surface area contributed by atoms with Gasteiger partial charge < -0.3 is 16.4 Å². The van der Waals surface area contributed by atoms with Crippen LogP contribution in [-0.2, 0) is 17.5 Å². The largest absolute Gasteiger partial charge is 0.416 e. The monoisotopic (exact) mass is 457 g/mol. The molecule has 0 aliphatic heterocycles. The summed E-state index contributed by atoms with van der Waals surface area (Å²) < 4.78 is 65.9. The zero-order valence-electron chi connectivity index (χ0n) is 17.8. The molecule has 4 N–H and O–H groups in total. The van der Waals surface area contributed by atoms with Crippen molar-refractivity contribution in [2.75, 3.05) is 16.4 Å². The van der Waals surface area contributed by atoms with Crippen LogP contribution >= 0.6 is 0 Å². The molecule has 2 atom stereocenters. The molecule has 4 nitrogen and oxygen atoms in total. The lowest BCUT2D eigenvalue weighted by molar-refractivity contribution is -0.137. The van der Waals surface area contributed by atoms with Crippen molar-refractivity contribution in [2.45, 2.75) is 64.1 Å². The Hall–Kier alpha value is -2.84. The number of benzene rings is 2. The minimum atomic E-state index is -4.39. The van der Waals surface area contributed by atoms with E-state index in [-0.39, 0.29) is 24.3 Å². The summed E-state index contributed by atoms with van der Waals surface area (Å²) in [5.74, 6) is -1.09. The second-order valence-electron chi connectivity index (χ2n) is 7.61. The lowest BCUT2D eigenvalue weighted by Gasteiger charge is -2.15. The van der Waals surface area contributed by atoms with Crippen molar-refractivity contribution >= 4 is 23.0 Å². The highest BCUT2D eigenvalue weighted by Crippen LogP contribution is 2.29. The third kappa shape index (κ3) is 7.69. The Balaban J connectivity index is 1.89. The predicted octanol–water partition coefficient (Wildman–Crippen LogP) is 6.48. The maximum absolute atomic E-state index is 14.1. The van der Waals surface area contributed by atoms with Crippen LogP contribution in [0.25, 0.3) is 0 Å². The van der Waals surface area contributed by atoms with Gasteiger partial charge in [-0.05, 0) is 42.3 Å². The summed E-state index contributed by atoms with van der Waals surface area (Å²) in [4.78, 5) is 12.0. The Kier molecular flexibility index (Phi) is 9.28. The number of unbranched alkanes of at least 4 members (excludes halogenated alkanes) is 3. The second-order valence-corrected chi connectivity index (χ2v) is 7.61. The van der Waals surface area contributed by atoms with Gasteiger partial charge in [-0.15, -0.1) is 0 Å². The first kappa shape index (κ1) is 25.4. The van der Waals surface area contributed by atoms with E-state index in [4.69, 9.17) is 5.73 Å². The first-order valence-corrected chi connectivity index (χ1v) is 10.5. The van der Waals surface area contributed by atoms with Crippen molar-refractivity contribution < 1.29 is 26.7 Å². The lowest BCUT2D eigenvalue weighted by atomic mass is 10.1. The van der Waals surface area contributed by atoms with Crippen molar-refractivity contribution in [3.05, 3.63) is 53.6 Å². The number of nitrogen functional groups attached to an aromatic ring is 1. The minimum absolute atomic E-state index is 0.0170. The Morgan fingerprint density at radius 1 is 1.03 bits per heavy atom. The normalized spacial score (nSPS) is 13.4. The Morgan fingerprint density at radius 2 is 1.72 bits per heavy atom. The van der Waals surface area contributed by atoms with E-state index in [1.807, 2.05) is 6.92 Å². The van der Waals surface area contributed by atoms with Crippen LogP contribution in [0.2, 0.25) is 0 Å². The number of halogens is 5. The molecular formula is C23H28F5N3O. The Labute approximate surface area is 184 Å². The standard InChI is InChI=1S/C23H28F5N3O/c1-2-3-4-5-6-18(24)21(25)22(32)31-20-12-11-17(13-19(20)29)30-14-15-7-9-16(10-8-15)23(26,27)28/h7-13,18,21,30H,2-6,14,29H2,1H3,(H,31,32)/t18-,21-/m0/s1. The van der Waals surface area contributed by atoms with Gasteiger partial charge in [0.05, 0.1) is 16.9 Å². The van der Waals surface area contributed by atoms with Crippen LogP contribution < -0.4 is 16.4 Å². The molecule has 0 spiro atoms. The number of hydrogen-bond acceptors (Lipinski definition) is 3. The number of anilines is 3. The van der Waals surface area contributed by atoms with Gasteiger partial charge in [0.1, 0.15) is 6.17 Å². The molecule has 0 saturated carbocycles. The van der Waals surface area contributed by atoms with E-state index in [1.165, 1.54) is 24.3 Å². The summed E-state index contributed by atoms with van der Waals surface area (Å²) >= 11 is 0. The summed E-state index contributed by atoms with van der Waals surface area (Å²) in [6.07, 6.45) is -5.35. The molecule has 2 aromatic rings. The van der Waals surface area contributed by atoms with Crippen LogP contribution in [-0.4, -0.2) is 18.3 Å². The average molecular weight is 457 g/mol. The van der Waals surface area contributed by atoms with Gasteiger partial charge in [-0.2, -0.15) is 13.2 Å². The van der Waals surface area contributed by atoms with Gasteiger partial charge in [0.2, 0.25) is 6.17 Å². The fourth-order valence-electron chi connectivity index (χ4n) is 3.08. The van der Waals surface area contributed by atoms with Gasteiger partial charge in [0, 0.05) is 12.2 Å². The van der Waals surface area contributed by atoms with E-state index in [0.717, 1.165) is 31.4 Å². The average Bonchev–Trinajstić information content (AvgIpc) is 2.75. The molecule has 0 radical (unpaired) electrons. The first-order valence-electron chi connectivity index (χ1n) is 10.5. The van der Waals surface area contributed by atoms with Crippen molar-refractivity contribution in [3.8, 4) is 0 Å². The number of carbonyl (C=O) groups excluding carboxylic acids is 1. The second kappa shape index (κ2) is 11.7. The molecule has 2 aromatic carbocycles. The molecule has 0 unspecified atom stereocenters. The third-order valence-electron chi connectivity index (χ3n) is 4.99. The fourth-order valence-corrected chi connectivity index (χ4v) is 3.08. The Bertz CT molecular complexity index is 871. The third-order valence-corrected chi connectivity index (χ3v) is 4.99. The maximum atomic E-state index is 14.1. The highest BCUT2D eigenvalue weighted by molar-refractivity contribution is 5.97. The number of nitrogens with one attached hydrogen (secondary N) is 2. The SMILES string of the molecule is CCCCCC[C@H](F)[C@H](F)C(=O)Nc1ccc(NCc2ccc(C(F)(F)F)cc2)cc1N. The molecule has 0 fully saturated rings. The van der Waals surface area contributed by atoms with Gasteiger partial charge in [-0.1, -0.05) is 44.7 Å². The first-order chi connectivity index (χ1) is 15.1. The van der Waals surface area contributed by atoms with Gasteiger partial charge in [-0.25, -0.2) is 8.78 Å². The molecule has 176 valence electrons. The molecule has 2 rings (SSSR count). The number of carbonyl (C=O) groups is 1. The maximum Gasteiger partial charge on any atom is 0.416 e. The summed E-state index contributed by atoms with van der Waals surface area (Å²) in [6.45, 7) is 2.26. The van der Waals surface area contributed by atoms with Gasteiger partial charge in [-0.3, -0.25) is 4.79 Å². The molecule has 0 aliphatic carbocycles. The van der Waals surface area contributed by atoms with E-state index in [1.54, 1.807) is 6.07 Å². The molecule has 0 saturated heterocycles. The molecule has 32 heavy (non-hydrogen) atoms. The highest BCUT2D eigenvalue weighted by Gasteiger charge is 2.30. The summed E-state index contributed by atoms with van der Waals surface area (Å²) in [6, 6.07) is 9.24. The van der Waals surface area contributed by atoms with Crippen molar-refractivity contribution in [1.29, 1.82) is 0 Å². The van der Waals surface area contributed by atoms with Crippen molar-refractivity contribution in [1.82, 2.24) is 0 Å². The summed E-state index contributed by atoms with van der Waals surface area (Å²) in [5.41, 5.74) is 6.64. The van der Waals surface area contributed by atoms with Crippen LogP contribution in [0.5, 0.6) is 0 Å². The van der Waals surface area contributed by atoms with E-state index in [0.29, 0.717) is 17.7 Å². The number of hydrogen-bond donors (Lipinski definition) is 3. The zero-order valence-corrected chi connectivity index (χ0v) is 17.8. The lowest BCUT2D eigenvalue weighted by Crippen LogP contribution is -2.32. The summed E-state index contributed by atoms with van der Waals surface area (Å²) in [5, 5.41) is 5.31. The van der Waals surface area contributed by atoms with Gasteiger partial charge in [0.25, 0.3) is 5.91 Å². The number of amides is 1.